The van der Waals surface area contributed by atoms with Gasteiger partial charge in [-0.2, -0.15) is 5.48 Å². The molecule has 0 saturated carbocycles. The van der Waals surface area contributed by atoms with Crippen molar-refractivity contribution in [3.63, 3.8) is 0 Å². The lowest BCUT2D eigenvalue weighted by atomic mass is 9.99. The van der Waals surface area contributed by atoms with Crippen LogP contribution in [0.2, 0.25) is 0 Å². The largest absolute Gasteiger partial charge is 0.480 e. The molecule has 1 aliphatic rings. The van der Waals surface area contributed by atoms with E-state index in [2.05, 4.69) is 16.1 Å². The zero-order valence-electron chi connectivity index (χ0n) is 17.3. The summed E-state index contributed by atoms with van der Waals surface area (Å²) < 4.78 is 4.88. The SMILES string of the molecule is CCCCOC(=O)NC(CNC(=O)C[C@H]1C[C@@H](c2ccc(C(=N)N)cc2)NO1)C(=O)O. The predicted octanol–water partition coefficient (Wildman–Crippen LogP) is 0.791. The Kier molecular flexibility index (Phi) is 9.22. The number of unbranched alkanes of at least 4 members (excludes halogenated alkanes) is 1. The molecule has 2 amide bonds. The van der Waals surface area contributed by atoms with E-state index >= 15 is 0 Å². The number of hydrogen-bond acceptors (Lipinski definition) is 7. The monoisotopic (exact) mass is 435 g/mol. The lowest BCUT2D eigenvalue weighted by Crippen LogP contribution is -2.48. The molecule has 0 aromatic heterocycles. The van der Waals surface area contributed by atoms with Crippen LogP contribution in [0, 0.1) is 5.41 Å². The molecule has 2 rings (SSSR count). The molecule has 170 valence electrons. The van der Waals surface area contributed by atoms with Crippen LogP contribution in [0.15, 0.2) is 24.3 Å². The molecular formula is C20H29N5O6. The maximum Gasteiger partial charge on any atom is 0.407 e. The van der Waals surface area contributed by atoms with E-state index in [-0.39, 0.29) is 31.4 Å². The van der Waals surface area contributed by atoms with E-state index in [1.807, 2.05) is 19.1 Å². The minimum absolute atomic E-state index is 0.0138. The molecule has 0 bridgehead atoms. The molecule has 1 fully saturated rings. The fourth-order valence-electron chi connectivity index (χ4n) is 2.95. The Morgan fingerprint density at radius 1 is 1.35 bits per heavy atom. The van der Waals surface area contributed by atoms with Gasteiger partial charge in [0.25, 0.3) is 0 Å². The van der Waals surface area contributed by atoms with E-state index in [1.54, 1.807) is 12.1 Å². The van der Waals surface area contributed by atoms with Crippen molar-refractivity contribution in [1.29, 1.82) is 5.41 Å². The van der Waals surface area contributed by atoms with Crippen LogP contribution < -0.4 is 21.8 Å². The van der Waals surface area contributed by atoms with Gasteiger partial charge in [0.15, 0.2) is 0 Å². The minimum Gasteiger partial charge on any atom is -0.480 e. The van der Waals surface area contributed by atoms with Crippen LogP contribution in [0.1, 0.15) is 49.8 Å². The van der Waals surface area contributed by atoms with E-state index < -0.39 is 30.1 Å². The number of benzene rings is 1. The van der Waals surface area contributed by atoms with Gasteiger partial charge in [-0.15, -0.1) is 0 Å². The van der Waals surface area contributed by atoms with E-state index in [1.165, 1.54) is 0 Å². The summed E-state index contributed by atoms with van der Waals surface area (Å²) in [4.78, 5) is 40.6. The number of nitrogens with two attached hydrogens (primary N) is 1. The number of hydroxylamine groups is 1. The highest BCUT2D eigenvalue weighted by Gasteiger charge is 2.29. The number of amidine groups is 1. The van der Waals surface area contributed by atoms with Crippen molar-refractivity contribution in [3.05, 3.63) is 35.4 Å². The van der Waals surface area contributed by atoms with Crippen molar-refractivity contribution in [2.24, 2.45) is 5.73 Å². The lowest BCUT2D eigenvalue weighted by molar-refractivity contribution is -0.139. The van der Waals surface area contributed by atoms with Crippen molar-refractivity contribution in [2.75, 3.05) is 13.2 Å². The summed E-state index contributed by atoms with van der Waals surface area (Å²) in [5, 5.41) is 21.4. The van der Waals surface area contributed by atoms with Crippen molar-refractivity contribution < 1.29 is 29.1 Å². The normalized spacial score (nSPS) is 18.7. The molecule has 1 aromatic rings. The van der Waals surface area contributed by atoms with Crippen molar-refractivity contribution >= 4 is 23.8 Å². The number of alkyl carbamates (subject to hydrolysis) is 1. The Hall–Kier alpha value is -3.18. The molecule has 3 atom stereocenters. The van der Waals surface area contributed by atoms with E-state index in [4.69, 9.17) is 20.7 Å². The summed E-state index contributed by atoms with van der Waals surface area (Å²) in [5.74, 6) is -1.69. The summed E-state index contributed by atoms with van der Waals surface area (Å²) in [6.07, 6.45) is 0.859. The third-order valence-corrected chi connectivity index (χ3v) is 4.74. The molecular weight excluding hydrogens is 406 g/mol. The van der Waals surface area contributed by atoms with Crippen molar-refractivity contribution in [1.82, 2.24) is 16.1 Å². The number of hydrogen-bond donors (Lipinski definition) is 6. The summed E-state index contributed by atoms with van der Waals surface area (Å²) in [5.41, 5.74) is 9.88. The van der Waals surface area contributed by atoms with Gasteiger partial charge >= 0.3 is 12.1 Å². The first-order valence-corrected chi connectivity index (χ1v) is 10.1. The number of carbonyl (C=O) groups is 3. The van der Waals surface area contributed by atoms with Crippen molar-refractivity contribution in [2.45, 2.75) is 50.8 Å². The maximum absolute atomic E-state index is 12.2. The minimum atomic E-state index is -1.30. The first kappa shape index (κ1) is 24.1. The molecule has 1 aliphatic heterocycles. The van der Waals surface area contributed by atoms with Crippen LogP contribution in [0.3, 0.4) is 0 Å². The molecule has 1 heterocycles. The Morgan fingerprint density at radius 3 is 2.68 bits per heavy atom. The van der Waals surface area contributed by atoms with Crippen LogP contribution in [0.25, 0.3) is 0 Å². The van der Waals surface area contributed by atoms with Gasteiger partial charge in [0.1, 0.15) is 11.9 Å². The summed E-state index contributed by atoms with van der Waals surface area (Å²) in [6.45, 7) is 1.87. The second-order valence-corrected chi connectivity index (χ2v) is 7.21. The third kappa shape index (κ3) is 7.87. The highest BCUT2D eigenvalue weighted by atomic mass is 16.7. The van der Waals surface area contributed by atoms with Crippen LogP contribution in [-0.4, -0.2) is 54.2 Å². The fourth-order valence-corrected chi connectivity index (χ4v) is 2.95. The molecule has 31 heavy (non-hydrogen) atoms. The molecule has 1 saturated heterocycles. The highest BCUT2D eigenvalue weighted by Crippen LogP contribution is 2.27. The fraction of sp³-hybridized carbons (Fsp3) is 0.500. The van der Waals surface area contributed by atoms with Gasteiger partial charge in [0.05, 0.1) is 25.2 Å². The quantitative estimate of drug-likeness (QED) is 0.168. The third-order valence-electron chi connectivity index (χ3n) is 4.74. The second kappa shape index (κ2) is 11.9. The Balaban J connectivity index is 1.76. The van der Waals surface area contributed by atoms with Gasteiger partial charge in [0.2, 0.25) is 5.91 Å². The van der Waals surface area contributed by atoms with Crippen LogP contribution in [-0.2, 0) is 19.2 Å². The molecule has 0 radical (unpaired) electrons. The highest BCUT2D eigenvalue weighted by molar-refractivity contribution is 5.94. The number of nitrogen functional groups attached to an aromatic ring is 1. The number of rotatable bonds is 11. The zero-order valence-corrected chi connectivity index (χ0v) is 17.3. The first-order valence-electron chi connectivity index (χ1n) is 10.1. The maximum atomic E-state index is 12.2. The van der Waals surface area contributed by atoms with Gasteiger partial charge in [-0.25, -0.2) is 9.59 Å². The van der Waals surface area contributed by atoms with Crippen molar-refractivity contribution in [3.8, 4) is 0 Å². The predicted molar refractivity (Wildman–Crippen MR) is 111 cm³/mol. The Morgan fingerprint density at radius 2 is 2.06 bits per heavy atom. The topological polar surface area (TPSA) is 176 Å². The molecule has 7 N–H and O–H groups in total. The Labute approximate surface area is 180 Å². The Bertz CT molecular complexity index is 785. The number of ether oxygens (including phenoxy) is 1. The number of carbonyl (C=O) groups excluding carboxylic acids is 2. The van der Waals surface area contributed by atoms with E-state index in [9.17, 15) is 19.5 Å². The molecule has 0 aliphatic carbocycles. The summed E-state index contributed by atoms with van der Waals surface area (Å²) in [7, 11) is 0. The zero-order chi connectivity index (χ0) is 22.8. The van der Waals surface area contributed by atoms with Gasteiger partial charge in [0, 0.05) is 12.1 Å². The van der Waals surface area contributed by atoms with E-state index in [0.717, 1.165) is 12.0 Å². The van der Waals surface area contributed by atoms with Gasteiger partial charge in [-0.05, 0) is 18.4 Å². The van der Waals surface area contributed by atoms with E-state index in [0.29, 0.717) is 18.4 Å². The molecule has 11 nitrogen and oxygen atoms in total. The average Bonchev–Trinajstić information content (AvgIpc) is 3.19. The number of amides is 2. The standard InChI is InChI=1S/C20H29N5O6/c1-2-3-8-30-20(29)24-16(19(27)28)11-23-17(26)10-14-9-15(25-31-14)12-4-6-13(7-5-12)18(21)22/h4-7,14-16,25H,2-3,8-11H2,1H3,(H3,21,22)(H,23,26)(H,24,29)(H,27,28)/t14-,15+,16?/m1/s1. The van der Waals surface area contributed by atoms with Gasteiger partial charge in [-0.1, -0.05) is 37.6 Å². The number of carboxylic acids is 1. The smallest absolute Gasteiger partial charge is 0.407 e. The summed E-state index contributed by atoms with van der Waals surface area (Å²) >= 11 is 0. The van der Waals surface area contributed by atoms with Crippen LogP contribution >= 0.6 is 0 Å². The lowest BCUT2D eigenvalue weighted by Gasteiger charge is -2.16. The molecule has 1 unspecified atom stereocenters. The van der Waals surface area contributed by atoms with Crippen LogP contribution in [0.4, 0.5) is 4.79 Å². The number of aliphatic carboxylic acids is 1. The van der Waals surface area contributed by atoms with Gasteiger partial charge < -0.3 is 26.2 Å². The first-order chi connectivity index (χ1) is 14.8. The molecule has 11 heteroatoms. The summed E-state index contributed by atoms with van der Waals surface area (Å²) in [6, 6.07) is 5.74. The van der Waals surface area contributed by atoms with Crippen LogP contribution in [0.5, 0.6) is 0 Å². The average molecular weight is 435 g/mol. The molecule has 0 spiro atoms. The molecule has 1 aromatic carbocycles. The number of carboxylic acid groups (broad SMARTS) is 1. The second-order valence-electron chi connectivity index (χ2n) is 7.21. The van der Waals surface area contributed by atoms with Gasteiger partial charge in [-0.3, -0.25) is 15.0 Å². The number of nitrogens with one attached hydrogen (secondary N) is 4.